The van der Waals surface area contributed by atoms with Crippen molar-refractivity contribution in [3.05, 3.63) is 40.8 Å². The average molecular weight is 329 g/mol. The van der Waals surface area contributed by atoms with Gasteiger partial charge in [0.1, 0.15) is 5.75 Å². The van der Waals surface area contributed by atoms with Gasteiger partial charge in [-0.2, -0.15) is 8.42 Å². The number of hydrogen-bond acceptors (Lipinski definition) is 4. The van der Waals surface area contributed by atoms with Crippen LogP contribution in [0.3, 0.4) is 0 Å². The normalized spacial score (nSPS) is 11.9. The van der Waals surface area contributed by atoms with Crippen molar-refractivity contribution in [1.29, 1.82) is 0 Å². The molecule has 0 fully saturated rings. The fourth-order valence-corrected chi connectivity index (χ4v) is 3.18. The van der Waals surface area contributed by atoms with Gasteiger partial charge in [-0.15, -0.1) is 0 Å². The van der Waals surface area contributed by atoms with Crippen LogP contribution in [0.25, 0.3) is 0 Å². The summed E-state index contributed by atoms with van der Waals surface area (Å²) in [6.07, 6.45) is 1.33. The van der Waals surface area contributed by atoms with Crippen LogP contribution < -0.4 is 4.18 Å². The first-order valence-electron chi connectivity index (χ1n) is 6.44. The molecule has 21 heavy (non-hydrogen) atoms. The van der Waals surface area contributed by atoms with Gasteiger partial charge in [-0.25, -0.2) is 4.98 Å². The van der Waals surface area contributed by atoms with Crippen molar-refractivity contribution >= 4 is 21.7 Å². The minimum Gasteiger partial charge on any atom is -0.378 e. The molecule has 0 amide bonds. The standard InChI is InChI=1S/C14H17ClN2O3S/c1-9(2)11-6-5-10(3)12(7-11)20-21(18,19)14-13(15)17(4)8-16-14/h5-9H,1-4H3. The highest BCUT2D eigenvalue weighted by Gasteiger charge is 2.25. The van der Waals surface area contributed by atoms with Crippen LogP contribution in [0.15, 0.2) is 29.6 Å². The molecule has 5 nitrogen and oxygen atoms in total. The molecule has 0 spiro atoms. The number of imidazole rings is 1. The Morgan fingerprint density at radius 2 is 2.00 bits per heavy atom. The van der Waals surface area contributed by atoms with Crippen LogP contribution in [-0.2, 0) is 17.2 Å². The summed E-state index contributed by atoms with van der Waals surface area (Å²) in [7, 11) is -2.44. The fourth-order valence-electron chi connectivity index (χ4n) is 1.78. The van der Waals surface area contributed by atoms with E-state index >= 15 is 0 Å². The highest BCUT2D eigenvalue weighted by atomic mass is 35.5. The van der Waals surface area contributed by atoms with Crippen LogP contribution in [0.2, 0.25) is 5.15 Å². The van der Waals surface area contributed by atoms with Crippen LogP contribution in [0, 0.1) is 6.92 Å². The van der Waals surface area contributed by atoms with E-state index in [0.29, 0.717) is 5.75 Å². The predicted molar refractivity (Wildman–Crippen MR) is 81.3 cm³/mol. The zero-order valence-electron chi connectivity index (χ0n) is 12.3. The summed E-state index contributed by atoms with van der Waals surface area (Å²) in [5.74, 6) is 0.567. The van der Waals surface area contributed by atoms with Crippen LogP contribution in [-0.4, -0.2) is 18.0 Å². The summed E-state index contributed by atoms with van der Waals surface area (Å²) in [5.41, 5.74) is 1.73. The molecule has 7 heteroatoms. The lowest BCUT2D eigenvalue weighted by Crippen LogP contribution is -2.12. The van der Waals surface area contributed by atoms with Gasteiger partial charge in [-0.05, 0) is 30.0 Å². The first-order valence-corrected chi connectivity index (χ1v) is 8.23. The molecule has 0 bridgehead atoms. The van der Waals surface area contributed by atoms with Crippen molar-refractivity contribution < 1.29 is 12.6 Å². The summed E-state index contributed by atoms with van der Waals surface area (Å²) in [6, 6.07) is 5.52. The van der Waals surface area contributed by atoms with E-state index in [1.165, 1.54) is 10.9 Å². The number of hydrogen-bond donors (Lipinski definition) is 0. The molecule has 0 atom stereocenters. The fraction of sp³-hybridized carbons (Fsp3) is 0.357. The monoisotopic (exact) mass is 328 g/mol. The lowest BCUT2D eigenvalue weighted by Gasteiger charge is -2.12. The molecule has 2 aromatic rings. The SMILES string of the molecule is Cc1ccc(C(C)C)cc1OS(=O)(=O)c1ncn(C)c1Cl. The maximum Gasteiger partial charge on any atom is 0.360 e. The first kappa shape index (κ1) is 15.9. The van der Waals surface area contributed by atoms with Crippen molar-refractivity contribution in [2.45, 2.75) is 31.7 Å². The molecule has 2 rings (SSSR count). The van der Waals surface area contributed by atoms with Crippen LogP contribution in [0.5, 0.6) is 5.75 Å². The van der Waals surface area contributed by atoms with Crippen molar-refractivity contribution in [1.82, 2.24) is 9.55 Å². The molecule has 0 N–H and O–H groups in total. The van der Waals surface area contributed by atoms with Gasteiger partial charge in [0.05, 0.1) is 6.33 Å². The lowest BCUT2D eigenvalue weighted by atomic mass is 10.0. The highest BCUT2D eigenvalue weighted by molar-refractivity contribution is 7.87. The molecule has 0 aliphatic carbocycles. The van der Waals surface area contributed by atoms with Crippen molar-refractivity contribution in [3.63, 3.8) is 0 Å². The summed E-state index contributed by atoms with van der Waals surface area (Å²) in [4.78, 5) is 3.79. The zero-order chi connectivity index (χ0) is 15.8. The Morgan fingerprint density at radius 1 is 1.33 bits per heavy atom. The third-order valence-corrected chi connectivity index (χ3v) is 4.88. The molecule has 0 radical (unpaired) electrons. The number of rotatable bonds is 4. The second-order valence-corrected chi connectivity index (χ2v) is 6.99. The summed E-state index contributed by atoms with van der Waals surface area (Å²) in [6.45, 7) is 5.84. The number of benzene rings is 1. The van der Waals surface area contributed by atoms with Gasteiger partial charge in [0, 0.05) is 7.05 Å². The second kappa shape index (κ2) is 5.69. The maximum absolute atomic E-state index is 12.3. The summed E-state index contributed by atoms with van der Waals surface area (Å²) < 4.78 is 31.2. The van der Waals surface area contributed by atoms with E-state index in [9.17, 15) is 8.42 Å². The quantitative estimate of drug-likeness (QED) is 0.808. The van der Waals surface area contributed by atoms with E-state index in [4.69, 9.17) is 15.8 Å². The third kappa shape index (κ3) is 3.22. The summed E-state index contributed by atoms with van der Waals surface area (Å²) >= 11 is 5.92. The van der Waals surface area contributed by atoms with Gasteiger partial charge < -0.3 is 8.75 Å². The topological polar surface area (TPSA) is 61.2 Å². The second-order valence-electron chi connectivity index (χ2n) is 5.17. The molecule has 0 aliphatic heterocycles. The molecule has 1 heterocycles. The van der Waals surface area contributed by atoms with Gasteiger partial charge in [-0.3, -0.25) is 0 Å². The number of halogens is 1. The molecule has 0 saturated heterocycles. The summed E-state index contributed by atoms with van der Waals surface area (Å²) in [5, 5.41) is -0.256. The third-order valence-electron chi connectivity index (χ3n) is 3.15. The first-order chi connectivity index (χ1) is 9.72. The van der Waals surface area contributed by atoms with Crippen molar-refractivity contribution in [2.75, 3.05) is 0 Å². The highest BCUT2D eigenvalue weighted by Crippen LogP contribution is 2.28. The van der Waals surface area contributed by atoms with E-state index in [1.54, 1.807) is 20.0 Å². The van der Waals surface area contributed by atoms with Gasteiger partial charge in [-0.1, -0.05) is 37.6 Å². The Kier molecular flexibility index (Phi) is 4.30. The van der Waals surface area contributed by atoms with Gasteiger partial charge in [0.2, 0.25) is 5.03 Å². The van der Waals surface area contributed by atoms with E-state index in [0.717, 1.165) is 11.1 Å². The minimum atomic E-state index is -4.05. The maximum atomic E-state index is 12.3. The molecule has 114 valence electrons. The molecular formula is C14H17ClN2O3S. The molecular weight excluding hydrogens is 312 g/mol. The Bertz CT molecular complexity index is 767. The van der Waals surface area contributed by atoms with Gasteiger partial charge in [0.25, 0.3) is 0 Å². The number of nitrogens with zero attached hydrogens (tertiary/aromatic N) is 2. The van der Waals surface area contributed by atoms with E-state index < -0.39 is 10.1 Å². The lowest BCUT2D eigenvalue weighted by molar-refractivity contribution is 0.480. The average Bonchev–Trinajstić information content (AvgIpc) is 2.73. The Hall–Kier alpha value is -1.53. The molecule has 1 aromatic heterocycles. The molecule has 0 saturated carbocycles. The number of aryl methyl sites for hydroxylation is 2. The van der Waals surface area contributed by atoms with E-state index in [2.05, 4.69) is 4.98 Å². The minimum absolute atomic E-state index is 0.0210. The number of aromatic nitrogens is 2. The Labute approximate surface area is 129 Å². The smallest absolute Gasteiger partial charge is 0.360 e. The van der Waals surface area contributed by atoms with Crippen LogP contribution in [0.1, 0.15) is 30.9 Å². The van der Waals surface area contributed by atoms with Gasteiger partial charge in [0.15, 0.2) is 5.15 Å². The largest absolute Gasteiger partial charge is 0.378 e. The zero-order valence-corrected chi connectivity index (χ0v) is 13.9. The van der Waals surface area contributed by atoms with E-state index in [1.807, 2.05) is 26.0 Å². The van der Waals surface area contributed by atoms with Crippen LogP contribution in [0.4, 0.5) is 0 Å². The van der Waals surface area contributed by atoms with Gasteiger partial charge >= 0.3 is 10.1 Å². The predicted octanol–water partition coefficient (Wildman–Crippen LogP) is 3.27. The molecule has 0 unspecified atom stereocenters. The Balaban J connectivity index is 2.41. The van der Waals surface area contributed by atoms with E-state index in [-0.39, 0.29) is 16.1 Å². The van der Waals surface area contributed by atoms with Crippen LogP contribution >= 0.6 is 11.6 Å². The Morgan fingerprint density at radius 3 is 2.52 bits per heavy atom. The molecule has 1 aromatic carbocycles. The van der Waals surface area contributed by atoms with Crippen molar-refractivity contribution in [2.24, 2.45) is 7.05 Å². The van der Waals surface area contributed by atoms with Crippen molar-refractivity contribution in [3.8, 4) is 5.75 Å². The molecule has 0 aliphatic rings.